The Morgan fingerprint density at radius 3 is 2.74 bits per heavy atom. The number of likely N-dealkylation sites (tertiary alicyclic amines) is 1. The zero-order chi connectivity index (χ0) is 16.2. The van der Waals surface area contributed by atoms with Crippen molar-refractivity contribution in [3.63, 3.8) is 0 Å². The summed E-state index contributed by atoms with van der Waals surface area (Å²) in [4.78, 5) is 16.8. The van der Waals surface area contributed by atoms with Crippen molar-refractivity contribution in [3.05, 3.63) is 42.2 Å². The van der Waals surface area contributed by atoms with Gasteiger partial charge in [0.15, 0.2) is 0 Å². The largest absolute Gasteiger partial charge is 0.350 e. The van der Waals surface area contributed by atoms with Gasteiger partial charge in [0.05, 0.1) is 0 Å². The first-order chi connectivity index (χ1) is 11.1. The SMILES string of the molecule is CN(C)C1CCCN(C(=O)c2cc(-c3ccccc3)no2)CC1. The van der Waals surface area contributed by atoms with Crippen LogP contribution < -0.4 is 0 Å². The molecule has 0 spiro atoms. The van der Waals surface area contributed by atoms with E-state index in [1.165, 1.54) is 0 Å². The minimum Gasteiger partial charge on any atom is -0.350 e. The summed E-state index contributed by atoms with van der Waals surface area (Å²) in [5.74, 6) is 0.270. The van der Waals surface area contributed by atoms with E-state index in [9.17, 15) is 4.79 Å². The highest BCUT2D eigenvalue weighted by atomic mass is 16.5. The summed E-state index contributed by atoms with van der Waals surface area (Å²) in [7, 11) is 4.20. The quantitative estimate of drug-likeness (QED) is 0.874. The van der Waals surface area contributed by atoms with Gasteiger partial charge in [-0.15, -0.1) is 0 Å². The standard InChI is InChI=1S/C18H23N3O2/c1-20(2)15-9-6-11-21(12-10-15)18(22)17-13-16(19-23-17)14-7-4-3-5-8-14/h3-5,7-8,13,15H,6,9-12H2,1-2H3. The highest BCUT2D eigenvalue weighted by molar-refractivity contribution is 5.92. The van der Waals surface area contributed by atoms with Gasteiger partial charge in [-0.05, 0) is 33.4 Å². The number of carbonyl (C=O) groups excluding carboxylic acids is 1. The molecule has 23 heavy (non-hydrogen) atoms. The first-order valence-corrected chi connectivity index (χ1v) is 8.13. The second-order valence-corrected chi connectivity index (χ2v) is 6.28. The van der Waals surface area contributed by atoms with Gasteiger partial charge >= 0.3 is 0 Å². The van der Waals surface area contributed by atoms with E-state index in [0.717, 1.165) is 37.9 Å². The average Bonchev–Trinajstić information content (AvgIpc) is 2.92. The number of carbonyl (C=O) groups is 1. The fourth-order valence-electron chi connectivity index (χ4n) is 3.08. The fourth-order valence-corrected chi connectivity index (χ4v) is 3.08. The Balaban J connectivity index is 1.70. The zero-order valence-electron chi connectivity index (χ0n) is 13.7. The first-order valence-electron chi connectivity index (χ1n) is 8.13. The minimum absolute atomic E-state index is 0.0564. The average molecular weight is 313 g/mol. The van der Waals surface area contributed by atoms with Crippen molar-refractivity contribution in [3.8, 4) is 11.3 Å². The monoisotopic (exact) mass is 313 g/mol. The van der Waals surface area contributed by atoms with E-state index in [1.54, 1.807) is 6.07 Å². The van der Waals surface area contributed by atoms with Crippen molar-refractivity contribution in [2.24, 2.45) is 0 Å². The van der Waals surface area contributed by atoms with E-state index in [4.69, 9.17) is 4.52 Å². The van der Waals surface area contributed by atoms with Gasteiger partial charge in [-0.1, -0.05) is 35.5 Å². The van der Waals surface area contributed by atoms with E-state index in [2.05, 4.69) is 24.2 Å². The van der Waals surface area contributed by atoms with E-state index in [0.29, 0.717) is 17.5 Å². The summed E-state index contributed by atoms with van der Waals surface area (Å²) in [6, 6.07) is 12.0. The third-order valence-corrected chi connectivity index (χ3v) is 4.51. The van der Waals surface area contributed by atoms with Crippen LogP contribution in [0.4, 0.5) is 0 Å². The molecular formula is C18H23N3O2. The van der Waals surface area contributed by atoms with Crippen LogP contribution in [-0.4, -0.2) is 54.1 Å². The van der Waals surface area contributed by atoms with E-state index in [1.807, 2.05) is 35.2 Å². The lowest BCUT2D eigenvalue weighted by molar-refractivity contribution is 0.0717. The zero-order valence-corrected chi connectivity index (χ0v) is 13.7. The number of benzene rings is 1. The van der Waals surface area contributed by atoms with Crippen molar-refractivity contribution in [1.82, 2.24) is 15.0 Å². The van der Waals surface area contributed by atoms with Gasteiger partial charge < -0.3 is 14.3 Å². The molecule has 0 radical (unpaired) electrons. The highest BCUT2D eigenvalue weighted by Crippen LogP contribution is 2.21. The number of amides is 1. The molecule has 0 bridgehead atoms. The van der Waals surface area contributed by atoms with E-state index < -0.39 is 0 Å². The predicted molar refractivity (Wildman–Crippen MR) is 89.2 cm³/mol. The molecule has 1 aromatic carbocycles. The maximum atomic E-state index is 12.7. The van der Waals surface area contributed by atoms with E-state index >= 15 is 0 Å². The third-order valence-electron chi connectivity index (χ3n) is 4.51. The van der Waals surface area contributed by atoms with Gasteiger partial charge in [0.1, 0.15) is 5.69 Å². The van der Waals surface area contributed by atoms with Gasteiger partial charge in [0.25, 0.3) is 5.91 Å². The molecule has 2 heterocycles. The van der Waals surface area contributed by atoms with Crippen molar-refractivity contribution in [2.75, 3.05) is 27.2 Å². The normalized spacial score (nSPS) is 18.9. The van der Waals surface area contributed by atoms with Gasteiger partial charge in [-0.3, -0.25) is 4.79 Å². The molecule has 0 aliphatic carbocycles. The van der Waals surface area contributed by atoms with Crippen LogP contribution in [0.3, 0.4) is 0 Å². The van der Waals surface area contributed by atoms with Crippen LogP contribution in [0.5, 0.6) is 0 Å². The molecule has 1 fully saturated rings. The number of hydrogen-bond donors (Lipinski definition) is 0. The number of rotatable bonds is 3. The molecule has 5 nitrogen and oxygen atoms in total. The number of nitrogens with zero attached hydrogens (tertiary/aromatic N) is 3. The lowest BCUT2D eigenvalue weighted by Crippen LogP contribution is -2.33. The molecule has 1 aliphatic rings. The minimum atomic E-state index is -0.0564. The molecule has 1 amide bonds. The Morgan fingerprint density at radius 2 is 2.00 bits per heavy atom. The van der Waals surface area contributed by atoms with Crippen LogP contribution in [0.15, 0.2) is 40.9 Å². The fraction of sp³-hybridized carbons (Fsp3) is 0.444. The molecular weight excluding hydrogens is 290 g/mol. The predicted octanol–water partition coefficient (Wildman–Crippen LogP) is 2.90. The summed E-state index contributed by atoms with van der Waals surface area (Å²) < 4.78 is 5.30. The van der Waals surface area contributed by atoms with E-state index in [-0.39, 0.29) is 5.91 Å². The smallest absolute Gasteiger partial charge is 0.292 e. The summed E-state index contributed by atoms with van der Waals surface area (Å²) >= 11 is 0. The highest BCUT2D eigenvalue weighted by Gasteiger charge is 2.25. The van der Waals surface area contributed by atoms with Gasteiger partial charge in [-0.25, -0.2) is 0 Å². The maximum Gasteiger partial charge on any atom is 0.292 e. The van der Waals surface area contributed by atoms with Crippen molar-refractivity contribution >= 4 is 5.91 Å². The Labute approximate surface area is 136 Å². The van der Waals surface area contributed by atoms with Crippen LogP contribution in [0.2, 0.25) is 0 Å². The summed E-state index contributed by atoms with van der Waals surface area (Å²) in [5, 5.41) is 4.04. The first kappa shape index (κ1) is 15.7. The number of hydrogen-bond acceptors (Lipinski definition) is 4. The van der Waals surface area contributed by atoms with Crippen molar-refractivity contribution in [2.45, 2.75) is 25.3 Å². The molecule has 0 saturated carbocycles. The van der Waals surface area contributed by atoms with Crippen LogP contribution in [0.25, 0.3) is 11.3 Å². The Hall–Kier alpha value is -2.14. The van der Waals surface area contributed by atoms with Crippen LogP contribution in [0.1, 0.15) is 29.8 Å². The molecule has 0 N–H and O–H groups in total. The molecule has 1 unspecified atom stereocenters. The Bertz CT molecular complexity index is 651. The molecule has 5 heteroatoms. The molecule has 1 atom stereocenters. The van der Waals surface area contributed by atoms with Crippen molar-refractivity contribution < 1.29 is 9.32 Å². The molecule has 1 saturated heterocycles. The van der Waals surface area contributed by atoms with Crippen molar-refractivity contribution in [1.29, 1.82) is 0 Å². The van der Waals surface area contributed by atoms with Crippen LogP contribution in [0, 0.1) is 0 Å². The maximum absolute atomic E-state index is 12.7. The second kappa shape index (κ2) is 6.96. The molecule has 3 rings (SSSR count). The molecule has 1 aliphatic heterocycles. The van der Waals surface area contributed by atoms with Gasteiger partial charge in [0, 0.05) is 30.8 Å². The van der Waals surface area contributed by atoms with Gasteiger partial charge in [-0.2, -0.15) is 0 Å². The second-order valence-electron chi connectivity index (χ2n) is 6.28. The summed E-state index contributed by atoms with van der Waals surface area (Å²) in [6.07, 6.45) is 3.15. The molecule has 1 aromatic heterocycles. The summed E-state index contributed by atoms with van der Waals surface area (Å²) in [5.41, 5.74) is 1.66. The van der Waals surface area contributed by atoms with Gasteiger partial charge in [0.2, 0.25) is 5.76 Å². The lowest BCUT2D eigenvalue weighted by Gasteiger charge is -2.22. The van der Waals surface area contributed by atoms with Crippen LogP contribution in [-0.2, 0) is 0 Å². The summed E-state index contributed by atoms with van der Waals surface area (Å²) in [6.45, 7) is 1.55. The van der Waals surface area contributed by atoms with Crippen LogP contribution >= 0.6 is 0 Å². The Morgan fingerprint density at radius 1 is 1.22 bits per heavy atom. The third kappa shape index (κ3) is 3.62. The Kier molecular flexibility index (Phi) is 4.76. The molecule has 2 aromatic rings. The topological polar surface area (TPSA) is 49.6 Å². The lowest BCUT2D eigenvalue weighted by atomic mass is 10.1. The number of aromatic nitrogens is 1. The molecule has 122 valence electrons.